The smallest absolute Gasteiger partial charge is 0.0785 e. The summed E-state index contributed by atoms with van der Waals surface area (Å²) in [5.41, 5.74) is 0.604. The molecule has 0 amide bonds. The van der Waals surface area contributed by atoms with Gasteiger partial charge in [0, 0.05) is 5.56 Å². The van der Waals surface area contributed by atoms with Gasteiger partial charge in [-0.1, -0.05) is 59.1 Å². The molecule has 0 fully saturated rings. The van der Waals surface area contributed by atoms with E-state index in [-0.39, 0.29) is 0 Å². The zero-order valence-electron chi connectivity index (χ0n) is 5.87. The van der Waals surface area contributed by atoms with Gasteiger partial charge in [-0.3, -0.25) is 0 Å². The third kappa shape index (κ3) is 1.72. The van der Waals surface area contributed by atoms with E-state index < -0.39 is 0 Å². The van der Waals surface area contributed by atoms with Crippen LogP contribution in [-0.4, -0.2) is 0 Å². The summed E-state index contributed by atoms with van der Waals surface area (Å²) in [6.07, 6.45) is 1.53. The Balaban J connectivity index is 3.51. The zero-order valence-corrected chi connectivity index (χ0v) is 8.90. The fourth-order valence-corrected chi connectivity index (χ4v) is 1.84. The van der Waals surface area contributed by atoms with Gasteiger partial charge < -0.3 is 0 Å². The molecule has 0 aliphatic carbocycles. The highest BCUT2D eigenvalue weighted by molar-refractivity contribution is 6.50. The molecule has 0 bridgehead atoms. The summed E-state index contributed by atoms with van der Waals surface area (Å²) in [4.78, 5) is 0. The van der Waals surface area contributed by atoms with Crippen LogP contribution in [0.2, 0.25) is 20.1 Å². The average Bonchev–Trinajstić information content (AvgIpc) is 2.01. The molecular formula is C8H4Cl4. The van der Waals surface area contributed by atoms with Gasteiger partial charge in [0.2, 0.25) is 0 Å². The molecule has 4 heteroatoms. The van der Waals surface area contributed by atoms with Crippen LogP contribution in [0.4, 0.5) is 0 Å². The first kappa shape index (κ1) is 10.2. The maximum absolute atomic E-state index is 5.83. The van der Waals surface area contributed by atoms with E-state index in [1.54, 1.807) is 0 Å². The molecule has 0 unspecified atom stereocenters. The van der Waals surface area contributed by atoms with E-state index in [1.807, 2.05) is 0 Å². The molecule has 12 heavy (non-hydrogen) atoms. The molecule has 0 saturated heterocycles. The van der Waals surface area contributed by atoms with Crippen molar-refractivity contribution in [2.45, 2.75) is 0 Å². The highest BCUT2D eigenvalue weighted by Gasteiger charge is 2.10. The molecule has 0 radical (unpaired) electrons. The minimum Gasteiger partial charge on any atom is -0.0984 e. The van der Waals surface area contributed by atoms with Gasteiger partial charge >= 0.3 is 0 Å². The Morgan fingerprint density at radius 2 is 1.58 bits per heavy atom. The monoisotopic (exact) mass is 240 g/mol. The molecule has 1 aromatic rings. The lowest BCUT2D eigenvalue weighted by molar-refractivity contribution is 1.65. The molecule has 0 nitrogen and oxygen atoms in total. The average molecular weight is 242 g/mol. The maximum Gasteiger partial charge on any atom is 0.0785 e. The Kier molecular flexibility index (Phi) is 3.30. The predicted octanol–water partition coefficient (Wildman–Crippen LogP) is 4.94. The van der Waals surface area contributed by atoms with Crippen molar-refractivity contribution in [1.29, 1.82) is 0 Å². The molecule has 0 heterocycles. The first-order valence-electron chi connectivity index (χ1n) is 3.03. The van der Waals surface area contributed by atoms with Crippen LogP contribution in [0.5, 0.6) is 0 Å². The van der Waals surface area contributed by atoms with Crippen LogP contribution in [0, 0.1) is 0 Å². The van der Waals surface area contributed by atoms with Gasteiger partial charge in [0.25, 0.3) is 0 Å². The summed E-state index contributed by atoms with van der Waals surface area (Å²) in [5, 5.41) is 1.43. The Morgan fingerprint density at radius 1 is 1.00 bits per heavy atom. The van der Waals surface area contributed by atoms with Crippen molar-refractivity contribution < 1.29 is 0 Å². The largest absolute Gasteiger partial charge is 0.0984 e. The second-order valence-electron chi connectivity index (χ2n) is 2.09. The third-order valence-corrected chi connectivity index (χ3v) is 2.94. The van der Waals surface area contributed by atoms with E-state index in [4.69, 9.17) is 46.4 Å². The Labute approximate surface area is 90.7 Å². The van der Waals surface area contributed by atoms with E-state index in [1.165, 1.54) is 12.1 Å². The molecule has 0 spiro atoms. The van der Waals surface area contributed by atoms with Crippen LogP contribution in [0.25, 0.3) is 6.08 Å². The van der Waals surface area contributed by atoms with Gasteiger partial charge in [-0.15, -0.1) is 0 Å². The van der Waals surface area contributed by atoms with Crippen molar-refractivity contribution in [3.63, 3.8) is 0 Å². The first-order valence-corrected chi connectivity index (χ1v) is 4.54. The van der Waals surface area contributed by atoms with Gasteiger partial charge in [-0.25, -0.2) is 0 Å². The van der Waals surface area contributed by atoms with Crippen LogP contribution in [0.15, 0.2) is 12.6 Å². The lowest BCUT2D eigenvalue weighted by Gasteiger charge is -2.04. The van der Waals surface area contributed by atoms with Crippen LogP contribution < -0.4 is 0 Å². The van der Waals surface area contributed by atoms with Crippen LogP contribution in [0.3, 0.4) is 0 Å². The van der Waals surface area contributed by atoms with E-state index in [9.17, 15) is 0 Å². The molecule has 1 aromatic carbocycles. The van der Waals surface area contributed by atoms with Crippen molar-refractivity contribution in [3.8, 4) is 0 Å². The number of rotatable bonds is 1. The van der Waals surface area contributed by atoms with Gasteiger partial charge in [-0.05, 0) is 6.07 Å². The number of hydrogen-bond acceptors (Lipinski definition) is 0. The van der Waals surface area contributed by atoms with Crippen molar-refractivity contribution in [2.24, 2.45) is 0 Å². The van der Waals surface area contributed by atoms with Gasteiger partial charge in [0.1, 0.15) is 0 Å². The zero-order chi connectivity index (χ0) is 9.30. The highest BCUT2D eigenvalue weighted by Crippen LogP contribution is 2.37. The third-order valence-electron chi connectivity index (χ3n) is 1.35. The number of hydrogen-bond donors (Lipinski definition) is 0. The summed E-state index contributed by atoms with van der Waals surface area (Å²) >= 11 is 23.1. The molecule has 1 rings (SSSR count). The normalized spacial score (nSPS) is 10.0. The SMILES string of the molecule is C=Cc1c(Cl)cc(Cl)c(Cl)c1Cl. The summed E-state index contributed by atoms with van der Waals surface area (Å²) in [6.45, 7) is 3.55. The number of halogens is 4. The lowest BCUT2D eigenvalue weighted by Crippen LogP contribution is -1.80. The molecule has 0 N–H and O–H groups in total. The van der Waals surface area contributed by atoms with Gasteiger partial charge in [0.15, 0.2) is 0 Å². The molecule has 64 valence electrons. The first-order chi connectivity index (χ1) is 5.57. The van der Waals surface area contributed by atoms with Crippen molar-refractivity contribution >= 4 is 52.5 Å². The topological polar surface area (TPSA) is 0 Å². The van der Waals surface area contributed by atoms with Crippen molar-refractivity contribution in [1.82, 2.24) is 0 Å². The summed E-state index contributed by atoms with van der Waals surface area (Å²) in [6, 6.07) is 1.54. The summed E-state index contributed by atoms with van der Waals surface area (Å²) in [5.74, 6) is 0. The molecule has 0 aliphatic heterocycles. The molecule has 0 atom stereocenters. The maximum atomic E-state index is 5.83. The minimum absolute atomic E-state index is 0.303. The molecular weight excluding hydrogens is 238 g/mol. The predicted molar refractivity (Wildman–Crippen MR) is 56.6 cm³/mol. The Morgan fingerprint density at radius 3 is 2.08 bits per heavy atom. The van der Waals surface area contributed by atoms with Crippen LogP contribution in [0.1, 0.15) is 5.56 Å². The molecule has 0 aliphatic rings. The highest BCUT2D eigenvalue weighted by atomic mass is 35.5. The summed E-state index contributed by atoms with van der Waals surface area (Å²) < 4.78 is 0. The molecule has 0 aromatic heterocycles. The van der Waals surface area contributed by atoms with Crippen molar-refractivity contribution in [2.75, 3.05) is 0 Å². The van der Waals surface area contributed by atoms with Crippen molar-refractivity contribution in [3.05, 3.63) is 38.3 Å². The fraction of sp³-hybridized carbons (Fsp3) is 0. The fourth-order valence-electron chi connectivity index (χ4n) is 0.767. The number of benzene rings is 1. The van der Waals surface area contributed by atoms with Crippen LogP contribution in [-0.2, 0) is 0 Å². The van der Waals surface area contributed by atoms with E-state index in [2.05, 4.69) is 6.58 Å². The lowest BCUT2D eigenvalue weighted by atomic mass is 10.2. The second-order valence-corrected chi connectivity index (χ2v) is 3.66. The quantitative estimate of drug-likeness (QED) is 0.483. The van der Waals surface area contributed by atoms with Gasteiger partial charge in [0.05, 0.1) is 20.1 Å². The van der Waals surface area contributed by atoms with Crippen LogP contribution >= 0.6 is 46.4 Å². The van der Waals surface area contributed by atoms with E-state index >= 15 is 0 Å². The second kappa shape index (κ2) is 3.89. The Bertz CT molecular complexity index is 330. The van der Waals surface area contributed by atoms with E-state index in [0.717, 1.165) is 0 Å². The minimum atomic E-state index is 0.303. The Hall–Kier alpha value is 0.120. The molecule has 0 saturated carbocycles. The van der Waals surface area contributed by atoms with Gasteiger partial charge in [-0.2, -0.15) is 0 Å². The summed E-state index contributed by atoms with van der Waals surface area (Å²) in [7, 11) is 0. The standard InChI is InChI=1S/C8H4Cl4/c1-2-4-5(9)3-6(10)8(12)7(4)11/h2-3H,1H2. The van der Waals surface area contributed by atoms with E-state index in [0.29, 0.717) is 25.7 Å².